The van der Waals surface area contributed by atoms with E-state index < -0.39 is 11.6 Å². The molecule has 2 aromatic carbocycles. The number of carbonyl (C=O) groups excluding carboxylic acids is 1. The van der Waals surface area contributed by atoms with Crippen molar-refractivity contribution >= 4 is 35.8 Å². The van der Waals surface area contributed by atoms with Crippen LogP contribution >= 0.6 is 24.0 Å². The molecule has 2 N–H and O–H groups in total. The van der Waals surface area contributed by atoms with E-state index in [0.717, 1.165) is 29.9 Å². The van der Waals surface area contributed by atoms with Crippen molar-refractivity contribution in [1.29, 1.82) is 0 Å². The second-order valence-electron chi connectivity index (χ2n) is 7.24. The number of nitrogens with one attached hydrogen (secondary N) is 2. The zero-order chi connectivity index (χ0) is 21.5. The van der Waals surface area contributed by atoms with E-state index in [-0.39, 0.29) is 54.5 Å². The van der Waals surface area contributed by atoms with Crippen LogP contribution in [0.5, 0.6) is 5.75 Å². The molecule has 0 spiro atoms. The largest absolute Gasteiger partial charge is 0.493 e. The second-order valence-corrected chi connectivity index (χ2v) is 7.24. The first-order valence-corrected chi connectivity index (χ1v) is 9.84. The zero-order valence-corrected chi connectivity index (χ0v) is 19.9. The summed E-state index contributed by atoms with van der Waals surface area (Å²) in [5.41, 5.74) is 1.29. The number of benzene rings is 2. The van der Waals surface area contributed by atoms with Crippen LogP contribution in [-0.4, -0.2) is 50.6 Å². The smallest absolute Gasteiger partial charge is 0.243 e. The van der Waals surface area contributed by atoms with Crippen LogP contribution in [0.25, 0.3) is 0 Å². The predicted octanol–water partition coefficient (Wildman–Crippen LogP) is 3.27. The van der Waals surface area contributed by atoms with E-state index in [1.165, 1.54) is 11.0 Å². The van der Waals surface area contributed by atoms with Gasteiger partial charge in [0.25, 0.3) is 0 Å². The monoisotopic (exact) mass is 544 g/mol. The lowest BCUT2D eigenvalue weighted by Crippen LogP contribution is -2.42. The van der Waals surface area contributed by atoms with Crippen molar-refractivity contribution in [3.8, 4) is 5.75 Å². The summed E-state index contributed by atoms with van der Waals surface area (Å²) in [7, 11) is 3.33. The van der Waals surface area contributed by atoms with Crippen molar-refractivity contribution in [2.24, 2.45) is 4.99 Å². The van der Waals surface area contributed by atoms with Gasteiger partial charge in [0.15, 0.2) is 5.96 Å². The van der Waals surface area contributed by atoms with Crippen molar-refractivity contribution in [3.05, 3.63) is 65.2 Å². The molecule has 0 bridgehead atoms. The summed E-state index contributed by atoms with van der Waals surface area (Å²) < 4.78 is 33.0. The molecule has 0 fully saturated rings. The summed E-state index contributed by atoms with van der Waals surface area (Å²) in [5, 5.41) is 6.46. The molecule has 0 saturated heterocycles. The van der Waals surface area contributed by atoms with E-state index in [0.29, 0.717) is 19.1 Å². The number of likely N-dealkylation sites (N-methyl/N-ethyl adjacent to an activating group) is 1. The van der Waals surface area contributed by atoms with Gasteiger partial charge in [-0.15, -0.1) is 24.0 Å². The second kappa shape index (κ2) is 11.8. The van der Waals surface area contributed by atoms with Gasteiger partial charge < -0.3 is 20.3 Å². The zero-order valence-electron chi connectivity index (χ0n) is 17.5. The van der Waals surface area contributed by atoms with Crippen molar-refractivity contribution in [2.45, 2.75) is 18.9 Å². The van der Waals surface area contributed by atoms with Crippen LogP contribution in [-0.2, 0) is 11.2 Å². The number of carbonyl (C=O) groups is 1. The Morgan fingerprint density at radius 1 is 1.23 bits per heavy atom. The molecule has 0 radical (unpaired) electrons. The van der Waals surface area contributed by atoms with E-state index in [1.54, 1.807) is 14.1 Å². The highest BCUT2D eigenvalue weighted by Gasteiger charge is 2.22. The third-order valence-corrected chi connectivity index (χ3v) is 4.84. The number of hydrogen-bond acceptors (Lipinski definition) is 3. The van der Waals surface area contributed by atoms with E-state index in [2.05, 4.69) is 15.6 Å². The quantitative estimate of drug-likeness (QED) is 0.333. The number of hydrogen-bond donors (Lipinski definition) is 2. The molecule has 1 aliphatic heterocycles. The number of aliphatic imine (C=N–C) groups is 1. The minimum absolute atomic E-state index is 0. The topological polar surface area (TPSA) is 66.0 Å². The molecule has 31 heavy (non-hydrogen) atoms. The Bertz CT molecular complexity index is 924. The lowest BCUT2D eigenvalue weighted by atomic mass is 10.0. The molecule has 6 nitrogen and oxygen atoms in total. The van der Waals surface area contributed by atoms with Gasteiger partial charge in [-0.3, -0.25) is 4.79 Å². The van der Waals surface area contributed by atoms with Gasteiger partial charge in [0.1, 0.15) is 23.9 Å². The summed E-state index contributed by atoms with van der Waals surface area (Å²) >= 11 is 0. The number of fused-ring (bicyclic) bond motifs is 1. The number of rotatable bonds is 6. The Balaban J connectivity index is 0.00000341. The number of amides is 1. The minimum atomic E-state index is -0.478. The standard InChI is InChI=1S/C22H26F2N4O2.HI/c1-28(2)21(29)14-26-22(25-11-9-15-13-16(23)7-8-18(15)24)27-19-10-12-30-20-6-4-3-5-17(19)20;/h3-8,13,19H,9-12,14H2,1-2H3,(H2,25,26,27);1H. The van der Waals surface area contributed by atoms with Crippen LogP contribution in [0.4, 0.5) is 8.78 Å². The summed E-state index contributed by atoms with van der Waals surface area (Å²) in [5.74, 6) is 0.176. The van der Waals surface area contributed by atoms with Crippen molar-refractivity contribution in [3.63, 3.8) is 0 Å². The van der Waals surface area contributed by atoms with Crippen molar-refractivity contribution in [1.82, 2.24) is 15.5 Å². The average molecular weight is 544 g/mol. The van der Waals surface area contributed by atoms with Gasteiger partial charge in [-0.25, -0.2) is 13.8 Å². The van der Waals surface area contributed by atoms with Crippen molar-refractivity contribution < 1.29 is 18.3 Å². The fraction of sp³-hybridized carbons (Fsp3) is 0.364. The van der Waals surface area contributed by atoms with E-state index in [4.69, 9.17) is 4.74 Å². The summed E-state index contributed by atoms with van der Waals surface area (Å²) in [6.07, 6.45) is 1.01. The lowest BCUT2D eigenvalue weighted by Gasteiger charge is -2.28. The fourth-order valence-electron chi connectivity index (χ4n) is 3.15. The third kappa shape index (κ3) is 7.05. The van der Waals surface area contributed by atoms with E-state index in [1.807, 2.05) is 24.3 Å². The molecule has 1 amide bonds. The SMILES string of the molecule is CN(C)C(=O)CN=C(NCCc1cc(F)ccc1F)NC1CCOc2ccccc21.I. The van der Waals surface area contributed by atoms with Crippen molar-refractivity contribution in [2.75, 3.05) is 33.8 Å². The molecular formula is C22H27F2IN4O2. The first kappa shape index (κ1) is 24.8. The minimum Gasteiger partial charge on any atom is -0.493 e. The maximum Gasteiger partial charge on any atom is 0.243 e. The van der Waals surface area contributed by atoms with E-state index >= 15 is 0 Å². The molecule has 1 atom stereocenters. The molecule has 2 aromatic rings. The fourth-order valence-corrected chi connectivity index (χ4v) is 3.15. The Hall–Kier alpha value is -2.43. The highest BCUT2D eigenvalue weighted by atomic mass is 127. The Kier molecular flexibility index (Phi) is 9.47. The number of guanidine groups is 1. The molecule has 3 rings (SSSR count). The van der Waals surface area contributed by atoms with Gasteiger partial charge in [0.2, 0.25) is 5.91 Å². The normalized spacial score (nSPS) is 15.2. The maximum atomic E-state index is 13.9. The summed E-state index contributed by atoms with van der Waals surface area (Å²) in [4.78, 5) is 17.8. The van der Waals surface area contributed by atoms with Crippen LogP contribution in [0.3, 0.4) is 0 Å². The maximum absolute atomic E-state index is 13.9. The Morgan fingerprint density at radius 3 is 2.77 bits per heavy atom. The lowest BCUT2D eigenvalue weighted by molar-refractivity contribution is -0.127. The van der Waals surface area contributed by atoms with Gasteiger partial charge in [-0.2, -0.15) is 0 Å². The molecular weight excluding hydrogens is 517 g/mol. The van der Waals surface area contributed by atoms with Gasteiger partial charge in [-0.05, 0) is 36.2 Å². The Labute approximate surface area is 198 Å². The molecule has 9 heteroatoms. The highest BCUT2D eigenvalue weighted by molar-refractivity contribution is 14.0. The molecule has 1 heterocycles. The summed E-state index contributed by atoms with van der Waals surface area (Å²) in [6, 6.07) is 11.1. The molecule has 0 saturated carbocycles. The number of ether oxygens (including phenoxy) is 1. The van der Waals surface area contributed by atoms with Gasteiger partial charge in [0, 0.05) is 32.6 Å². The number of halogens is 3. The van der Waals surface area contributed by atoms with Crippen LogP contribution in [0.1, 0.15) is 23.6 Å². The summed E-state index contributed by atoms with van der Waals surface area (Å²) in [6.45, 7) is 0.863. The van der Waals surface area contributed by atoms with Crippen LogP contribution < -0.4 is 15.4 Å². The van der Waals surface area contributed by atoms with Crippen LogP contribution in [0.2, 0.25) is 0 Å². The molecule has 0 aliphatic carbocycles. The predicted molar refractivity (Wildman–Crippen MR) is 127 cm³/mol. The van der Waals surface area contributed by atoms with Crippen LogP contribution in [0.15, 0.2) is 47.5 Å². The average Bonchev–Trinajstić information content (AvgIpc) is 2.74. The number of para-hydroxylation sites is 1. The Morgan fingerprint density at radius 2 is 2.00 bits per heavy atom. The third-order valence-electron chi connectivity index (χ3n) is 4.84. The van der Waals surface area contributed by atoms with Gasteiger partial charge in [-0.1, -0.05) is 18.2 Å². The molecule has 168 valence electrons. The van der Waals surface area contributed by atoms with Crippen LogP contribution in [0, 0.1) is 11.6 Å². The van der Waals surface area contributed by atoms with Gasteiger partial charge >= 0.3 is 0 Å². The molecule has 1 aliphatic rings. The highest BCUT2D eigenvalue weighted by Crippen LogP contribution is 2.31. The first-order valence-electron chi connectivity index (χ1n) is 9.84. The van der Waals surface area contributed by atoms with E-state index in [9.17, 15) is 13.6 Å². The number of nitrogens with zero attached hydrogens (tertiary/aromatic N) is 2. The van der Waals surface area contributed by atoms with Gasteiger partial charge in [0.05, 0.1) is 12.6 Å². The molecule has 1 unspecified atom stereocenters. The first-order chi connectivity index (χ1) is 14.4. The molecule has 0 aromatic heterocycles.